The van der Waals surface area contributed by atoms with Gasteiger partial charge in [0.25, 0.3) is 0 Å². The Kier molecular flexibility index (Phi) is 4.19. The molecule has 0 heterocycles. The lowest BCUT2D eigenvalue weighted by Crippen LogP contribution is -2.26. The summed E-state index contributed by atoms with van der Waals surface area (Å²) in [5, 5.41) is 12.0. The average molecular weight is 246 g/mol. The lowest BCUT2D eigenvalue weighted by molar-refractivity contribution is 0.454. The summed E-state index contributed by atoms with van der Waals surface area (Å²) in [6.07, 6.45) is 6.06. The molecule has 96 valence electrons. The van der Waals surface area contributed by atoms with Crippen LogP contribution in [0.4, 0.5) is 10.1 Å². The van der Waals surface area contributed by atoms with Crippen LogP contribution in [0.1, 0.15) is 44.6 Å². The van der Waals surface area contributed by atoms with Crippen LogP contribution in [0.15, 0.2) is 18.2 Å². The van der Waals surface area contributed by atoms with Crippen LogP contribution in [0.3, 0.4) is 0 Å². The molecule has 0 bridgehead atoms. The molecular weight excluding hydrogens is 227 g/mol. The average Bonchev–Trinajstić information content (AvgIpc) is 2.57. The van der Waals surface area contributed by atoms with E-state index in [0.717, 1.165) is 6.42 Å². The molecule has 0 spiro atoms. The van der Waals surface area contributed by atoms with E-state index in [0.29, 0.717) is 23.2 Å². The van der Waals surface area contributed by atoms with E-state index in [1.54, 1.807) is 12.1 Å². The minimum atomic E-state index is -0.328. The lowest BCUT2D eigenvalue weighted by Gasteiger charge is -2.24. The minimum absolute atomic E-state index is 0.328. The molecule has 2 unspecified atom stereocenters. The Balaban J connectivity index is 2.10. The molecule has 1 aliphatic carbocycles. The first-order valence-electron chi connectivity index (χ1n) is 6.67. The third-order valence-electron chi connectivity index (χ3n) is 3.80. The van der Waals surface area contributed by atoms with Crippen molar-refractivity contribution in [2.75, 3.05) is 5.32 Å². The molecule has 2 nitrogen and oxygen atoms in total. The zero-order chi connectivity index (χ0) is 13.0. The third kappa shape index (κ3) is 3.01. The Morgan fingerprint density at radius 1 is 1.28 bits per heavy atom. The number of hydrogen-bond donors (Lipinski definition) is 1. The summed E-state index contributed by atoms with van der Waals surface area (Å²) in [5.74, 6) is 0.244. The van der Waals surface area contributed by atoms with Crippen LogP contribution >= 0.6 is 0 Å². The van der Waals surface area contributed by atoms with E-state index >= 15 is 0 Å². The maximum atomic E-state index is 13.8. The third-order valence-corrected chi connectivity index (χ3v) is 3.80. The fourth-order valence-corrected chi connectivity index (χ4v) is 2.61. The van der Waals surface area contributed by atoms with E-state index in [1.165, 1.54) is 31.7 Å². The first-order chi connectivity index (χ1) is 8.70. The summed E-state index contributed by atoms with van der Waals surface area (Å²) in [4.78, 5) is 0. The van der Waals surface area contributed by atoms with E-state index in [-0.39, 0.29) is 5.82 Å². The number of nitriles is 1. The molecular formula is C15H19FN2. The van der Waals surface area contributed by atoms with Gasteiger partial charge >= 0.3 is 0 Å². The number of benzene rings is 1. The van der Waals surface area contributed by atoms with E-state index in [1.807, 2.05) is 6.07 Å². The molecule has 2 atom stereocenters. The van der Waals surface area contributed by atoms with Crippen molar-refractivity contribution in [1.29, 1.82) is 5.26 Å². The highest BCUT2D eigenvalue weighted by atomic mass is 19.1. The molecule has 1 N–H and O–H groups in total. The number of anilines is 1. The molecule has 1 aromatic carbocycles. The van der Waals surface area contributed by atoms with Crippen LogP contribution in [0, 0.1) is 23.1 Å². The Labute approximate surface area is 108 Å². The Morgan fingerprint density at radius 2 is 2.06 bits per heavy atom. The molecule has 0 aliphatic heterocycles. The standard InChI is InChI=1S/C15H19FN2/c1-11-5-3-2-4-6-14(11)18-15-8-7-12(10-17)9-13(15)16/h7-9,11,14,18H,2-6H2,1H3. The molecule has 2 rings (SSSR count). The molecule has 0 aromatic heterocycles. The summed E-state index contributed by atoms with van der Waals surface area (Å²) in [6.45, 7) is 2.23. The summed E-state index contributed by atoms with van der Waals surface area (Å²) >= 11 is 0. The first kappa shape index (κ1) is 12.9. The fraction of sp³-hybridized carbons (Fsp3) is 0.533. The molecule has 0 amide bonds. The van der Waals surface area contributed by atoms with Crippen molar-refractivity contribution in [2.24, 2.45) is 5.92 Å². The predicted octanol–water partition coefficient (Wildman–Crippen LogP) is 4.08. The summed E-state index contributed by atoms with van der Waals surface area (Å²) in [5.41, 5.74) is 0.889. The highest BCUT2D eigenvalue weighted by Crippen LogP contribution is 2.27. The maximum absolute atomic E-state index is 13.8. The van der Waals surface area contributed by atoms with Crippen molar-refractivity contribution >= 4 is 5.69 Å². The van der Waals surface area contributed by atoms with E-state index in [9.17, 15) is 4.39 Å². The second-order valence-electron chi connectivity index (χ2n) is 5.17. The zero-order valence-electron chi connectivity index (χ0n) is 10.7. The van der Waals surface area contributed by atoms with Crippen molar-refractivity contribution in [1.82, 2.24) is 0 Å². The summed E-state index contributed by atoms with van der Waals surface area (Å²) in [7, 11) is 0. The van der Waals surface area contributed by atoms with Crippen molar-refractivity contribution in [3.05, 3.63) is 29.6 Å². The van der Waals surface area contributed by atoms with Gasteiger partial charge in [-0.25, -0.2) is 4.39 Å². The van der Waals surface area contributed by atoms with Crippen molar-refractivity contribution < 1.29 is 4.39 Å². The highest BCUT2D eigenvalue weighted by Gasteiger charge is 2.20. The van der Waals surface area contributed by atoms with Crippen LogP contribution in [0.5, 0.6) is 0 Å². The highest BCUT2D eigenvalue weighted by molar-refractivity contribution is 5.49. The van der Waals surface area contributed by atoms with Crippen LogP contribution < -0.4 is 5.32 Å². The van der Waals surface area contributed by atoms with Gasteiger partial charge in [0.15, 0.2) is 0 Å². The van der Waals surface area contributed by atoms with Gasteiger partial charge in [0.05, 0.1) is 17.3 Å². The van der Waals surface area contributed by atoms with Gasteiger partial charge in [-0.1, -0.05) is 26.2 Å². The number of nitrogens with zero attached hydrogens (tertiary/aromatic N) is 1. The molecule has 1 aliphatic rings. The molecule has 1 saturated carbocycles. The van der Waals surface area contributed by atoms with Gasteiger partial charge in [0.1, 0.15) is 5.82 Å². The molecule has 0 radical (unpaired) electrons. The van der Waals surface area contributed by atoms with Crippen molar-refractivity contribution in [2.45, 2.75) is 45.1 Å². The molecule has 1 aromatic rings. The monoisotopic (exact) mass is 246 g/mol. The number of rotatable bonds is 2. The normalized spacial score (nSPS) is 24.1. The van der Waals surface area contributed by atoms with Gasteiger partial charge in [-0.05, 0) is 37.0 Å². The Morgan fingerprint density at radius 3 is 2.78 bits per heavy atom. The molecule has 1 fully saturated rings. The topological polar surface area (TPSA) is 35.8 Å². The van der Waals surface area contributed by atoms with Gasteiger partial charge in [-0.3, -0.25) is 0 Å². The van der Waals surface area contributed by atoms with E-state index in [2.05, 4.69) is 12.2 Å². The summed E-state index contributed by atoms with van der Waals surface area (Å²) < 4.78 is 13.8. The molecule has 3 heteroatoms. The number of hydrogen-bond acceptors (Lipinski definition) is 2. The van der Waals surface area contributed by atoms with Gasteiger partial charge in [-0.15, -0.1) is 0 Å². The minimum Gasteiger partial charge on any atom is -0.380 e. The smallest absolute Gasteiger partial charge is 0.147 e. The quantitative estimate of drug-likeness (QED) is 0.798. The van der Waals surface area contributed by atoms with Crippen LogP contribution in [-0.4, -0.2) is 6.04 Å². The zero-order valence-corrected chi connectivity index (χ0v) is 10.7. The fourth-order valence-electron chi connectivity index (χ4n) is 2.61. The van der Waals surface area contributed by atoms with E-state index < -0.39 is 0 Å². The van der Waals surface area contributed by atoms with Crippen LogP contribution in [-0.2, 0) is 0 Å². The second-order valence-corrected chi connectivity index (χ2v) is 5.17. The van der Waals surface area contributed by atoms with Crippen molar-refractivity contribution in [3.8, 4) is 6.07 Å². The van der Waals surface area contributed by atoms with Gasteiger partial charge < -0.3 is 5.32 Å². The number of nitrogens with one attached hydrogen (secondary N) is 1. The molecule has 18 heavy (non-hydrogen) atoms. The Bertz CT molecular complexity index is 450. The molecule has 0 saturated heterocycles. The Hall–Kier alpha value is -1.56. The van der Waals surface area contributed by atoms with Gasteiger partial charge in [-0.2, -0.15) is 5.26 Å². The van der Waals surface area contributed by atoms with Crippen molar-refractivity contribution in [3.63, 3.8) is 0 Å². The first-order valence-corrected chi connectivity index (χ1v) is 6.67. The van der Waals surface area contributed by atoms with Crippen LogP contribution in [0.2, 0.25) is 0 Å². The summed E-state index contributed by atoms with van der Waals surface area (Å²) in [6, 6.07) is 6.92. The second kappa shape index (κ2) is 5.86. The van der Waals surface area contributed by atoms with Gasteiger partial charge in [0.2, 0.25) is 0 Å². The number of halogens is 1. The maximum Gasteiger partial charge on any atom is 0.147 e. The van der Waals surface area contributed by atoms with Crippen LogP contribution in [0.25, 0.3) is 0 Å². The SMILES string of the molecule is CC1CCCCCC1Nc1ccc(C#N)cc1F. The lowest BCUT2D eigenvalue weighted by atomic mass is 9.96. The van der Waals surface area contributed by atoms with E-state index in [4.69, 9.17) is 5.26 Å². The van der Waals surface area contributed by atoms with Gasteiger partial charge in [0, 0.05) is 6.04 Å². The largest absolute Gasteiger partial charge is 0.380 e. The predicted molar refractivity (Wildman–Crippen MR) is 70.8 cm³/mol.